The predicted octanol–water partition coefficient (Wildman–Crippen LogP) is 3.54. The summed E-state index contributed by atoms with van der Waals surface area (Å²) >= 11 is 0. The number of hydrogen-bond donors (Lipinski definition) is 1. The first-order valence-electron chi connectivity index (χ1n) is 9.48. The number of ether oxygens (including phenoxy) is 1. The van der Waals surface area contributed by atoms with Crippen molar-refractivity contribution < 1.29 is 18.5 Å². The van der Waals surface area contributed by atoms with E-state index in [0.29, 0.717) is 31.6 Å². The van der Waals surface area contributed by atoms with Gasteiger partial charge in [0.25, 0.3) is 0 Å². The molecule has 0 aromatic carbocycles. The van der Waals surface area contributed by atoms with Crippen molar-refractivity contribution in [2.75, 3.05) is 7.11 Å². The van der Waals surface area contributed by atoms with Gasteiger partial charge in [-0.1, -0.05) is 19.8 Å². The summed E-state index contributed by atoms with van der Waals surface area (Å²) in [6.45, 7) is 7.90. The van der Waals surface area contributed by atoms with Gasteiger partial charge < -0.3 is 4.74 Å². The van der Waals surface area contributed by atoms with Crippen molar-refractivity contribution in [3.05, 3.63) is 0 Å². The molecule has 1 rings (SSSR count). The Hall–Kier alpha value is -0.750. The van der Waals surface area contributed by atoms with Gasteiger partial charge in [0.2, 0.25) is 0 Å². The van der Waals surface area contributed by atoms with E-state index in [4.69, 9.17) is 4.74 Å². The Morgan fingerprint density at radius 1 is 1.36 bits per heavy atom. The van der Waals surface area contributed by atoms with Crippen molar-refractivity contribution >= 4 is 22.7 Å². The van der Waals surface area contributed by atoms with Gasteiger partial charge in [-0.05, 0) is 52.4 Å². The minimum atomic E-state index is -1.24. The maximum atomic E-state index is 12.8. The molecule has 146 valence electrons. The number of Topliss-reactive ketones (excluding diaryl/α,β-unsaturated/α-hetero) is 1. The van der Waals surface area contributed by atoms with E-state index in [1.807, 2.05) is 20.8 Å². The molecule has 4 atom stereocenters. The lowest BCUT2D eigenvalue weighted by molar-refractivity contribution is -0.140. The summed E-state index contributed by atoms with van der Waals surface area (Å²) in [4.78, 5) is 24.2. The summed E-state index contributed by atoms with van der Waals surface area (Å²) in [5, 5.41) is 0. The summed E-state index contributed by atoms with van der Waals surface area (Å²) in [6, 6.07) is -0.153. The number of methoxy groups -OCH3 is 1. The summed E-state index contributed by atoms with van der Waals surface area (Å²) in [7, 11) is 0.143. The number of carbonyl (C=O) groups is 2. The lowest BCUT2D eigenvalue weighted by atomic mass is 9.79. The second-order valence-electron chi connectivity index (χ2n) is 7.98. The molecule has 0 aromatic rings. The van der Waals surface area contributed by atoms with Crippen LogP contribution in [0.3, 0.4) is 0 Å². The summed E-state index contributed by atoms with van der Waals surface area (Å²) in [6.07, 6.45) is 6.25. The first kappa shape index (κ1) is 22.3. The molecule has 1 fully saturated rings. The van der Waals surface area contributed by atoms with Gasteiger partial charge in [-0.25, -0.2) is 8.93 Å². The van der Waals surface area contributed by atoms with Gasteiger partial charge in [-0.2, -0.15) is 0 Å². The third-order valence-corrected chi connectivity index (χ3v) is 6.65. The molecule has 0 aromatic heterocycles. The first-order valence-corrected chi connectivity index (χ1v) is 10.6. The molecule has 0 unspecified atom stereocenters. The third kappa shape index (κ3) is 7.18. The molecule has 0 aliphatic heterocycles. The maximum Gasteiger partial charge on any atom is 0.305 e. The van der Waals surface area contributed by atoms with Crippen LogP contribution >= 0.6 is 0 Å². The van der Waals surface area contributed by atoms with E-state index in [1.54, 1.807) is 0 Å². The standard InChI is InChI=1S/C19H35NO4S/c1-6-14-10-7-8-12-16(21)18(14)15(11-9-13-17(22)24-5)20-25(23)19(2,3)4/h14-15,18,20H,6-13H2,1-5H3/t14-,15+,18-,25+/m0/s1. The largest absolute Gasteiger partial charge is 0.469 e. The minimum absolute atomic E-state index is 0.114. The van der Waals surface area contributed by atoms with Crippen LogP contribution in [0.4, 0.5) is 0 Å². The van der Waals surface area contributed by atoms with E-state index in [2.05, 4.69) is 11.6 Å². The summed E-state index contributed by atoms with van der Waals surface area (Å²) in [5.41, 5.74) is 0. The van der Waals surface area contributed by atoms with Crippen molar-refractivity contribution in [3.63, 3.8) is 0 Å². The fraction of sp³-hybridized carbons (Fsp3) is 0.895. The highest BCUT2D eigenvalue weighted by Gasteiger charge is 2.37. The van der Waals surface area contributed by atoms with Gasteiger partial charge >= 0.3 is 5.97 Å². The molecule has 0 radical (unpaired) electrons. The van der Waals surface area contributed by atoms with Crippen LogP contribution in [0.15, 0.2) is 0 Å². The zero-order chi connectivity index (χ0) is 19.0. The Morgan fingerprint density at radius 2 is 2.04 bits per heavy atom. The fourth-order valence-corrected chi connectivity index (χ4v) is 4.41. The number of rotatable bonds is 8. The summed E-state index contributed by atoms with van der Waals surface area (Å²) < 4.78 is 20.2. The molecule has 5 nitrogen and oxygen atoms in total. The van der Waals surface area contributed by atoms with Gasteiger partial charge in [0.05, 0.1) is 22.8 Å². The van der Waals surface area contributed by atoms with E-state index in [1.165, 1.54) is 7.11 Å². The van der Waals surface area contributed by atoms with Gasteiger partial charge in [-0.3, -0.25) is 9.59 Å². The van der Waals surface area contributed by atoms with Gasteiger partial charge in [0.15, 0.2) is 0 Å². The van der Waals surface area contributed by atoms with Crippen LogP contribution in [0.25, 0.3) is 0 Å². The second-order valence-corrected chi connectivity index (χ2v) is 9.98. The van der Waals surface area contributed by atoms with Crippen molar-refractivity contribution in [1.29, 1.82) is 0 Å². The van der Waals surface area contributed by atoms with Crippen molar-refractivity contribution in [2.45, 2.75) is 89.9 Å². The van der Waals surface area contributed by atoms with Crippen LogP contribution in [0, 0.1) is 11.8 Å². The Bertz CT molecular complexity index is 473. The molecule has 0 heterocycles. The second kappa shape index (κ2) is 10.4. The molecular formula is C19H35NO4S. The highest BCUT2D eigenvalue weighted by Crippen LogP contribution is 2.33. The molecule has 0 spiro atoms. The van der Waals surface area contributed by atoms with Crippen LogP contribution in [0.5, 0.6) is 0 Å². The highest BCUT2D eigenvalue weighted by atomic mass is 32.2. The van der Waals surface area contributed by atoms with E-state index in [9.17, 15) is 13.8 Å². The zero-order valence-corrected chi connectivity index (χ0v) is 17.2. The lowest BCUT2D eigenvalue weighted by Crippen LogP contribution is -2.47. The van der Waals surface area contributed by atoms with Crippen LogP contribution in [-0.2, 0) is 25.3 Å². The molecule has 1 saturated carbocycles. The van der Waals surface area contributed by atoms with E-state index >= 15 is 0 Å². The number of carbonyl (C=O) groups excluding carboxylic acids is 2. The molecule has 1 N–H and O–H groups in total. The van der Waals surface area contributed by atoms with Crippen molar-refractivity contribution in [3.8, 4) is 0 Å². The summed E-state index contributed by atoms with van der Waals surface area (Å²) in [5.74, 6) is 0.250. The topological polar surface area (TPSA) is 72.5 Å². The van der Waals surface area contributed by atoms with Gasteiger partial charge in [0.1, 0.15) is 5.78 Å². The van der Waals surface area contributed by atoms with Gasteiger partial charge in [0, 0.05) is 24.8 Å². The first-order chi connectivity index (χ1) is 11.7. The molecule has 1 aliphatic rings. The van der Waals surface area contributed by atoms with E-state index in [0.717, 1.165) is 25.7 Å². The predicted molar refractivity (Wildman–Crippen MR) is 101 cm³/mol. The Morgan fingerprint density at radius 3 is 2.60 bits per heavy atom. The minimum Gasteiger partial charge on any atom is -0.469 e. The van der Waals surface area contributed by atoms with Crippen LogP contribution < -0.4 is 4.72 Å². The smallest absolute Gasteiger partial charge is 0.305 e. The Kier molecular flexibility index (Phi) is 9.28. The van der Waals surface area contributed by atoms with Gasteiger partial charge in [-0.15, -0.1) is 0 Å². The number of ketones is 1. The van der Waals surface area contributed by atoms with E-state index < -0.39 is 15.7 Å². The van der Waals surface area contributed by atoms with E-state index in [-0.39, 0.29) is 23.7 Å². The fourth-order valence-electron chi connectivity index (χ4n) is 3.52. The van der Waals surface area contributed by atoms with Crippen molar-refractivity contribution in [1.82, 2.24) is 4.72 Å². The number of esters is 1. The SMILES string of the molecule is CC[C@H]1CCCCC(=O)[C@@H]1[C@@H](CCCC(=O)OC)N[S@](=O)C(C)(C)C. The zero-order valence-electron chi connectivity index (χ0n) is 16.4. The highest BCUT2D eigenvalue weighted by molar-refractivity contribution is 7.84. The molecule has 0 saturated heterocycles. The number of hydrogen-bond acceptors (Lipinski definition) is 4. The van der Waals surface area contributed by atoms with Crippen LogP contribution in [0.1, 0.15) is 79.1 Å². The molecule has 0 bridgehead atoms. The average molecular weight is 374 g/mol. The molecular weight excluding hydrogens is 338 g/mol. The quantitative estimate of drug-likeness (QED) is 0.522. The normalized spacial score (nSPS) is 24.4. The molecule has 25 heavy (non-hydrogen) atoms. The third-order valence-electron chi connectivity index (χ3n) is 5.02. The Balaban J connectivity index is 2.94. The number of nitrogens with one attached hydrogen (secondary N) is 1. The Labute approximate surface area is 155 Å². The van der Waals surface area contributed by atoms with Crippen LogP contribution in [0.2, 0.25) is 0 Å². The monoisotopic (exact) mass is 373 g/mol. The average Bonchev–Trinajstić information content (AvgIpc) is 2.73. The maximum absolute atomic E-state index is 12.8. The lowest BCUT2D eigenvalue weighted by Gasteiger charge is -2.33. The van der Waals surface area contributed by atoms with Crippen molar-refractivity contribution in [2.24, 2.45) is 11.8 Å². The molecule has 0 amide bonds. The molecule has 1 aliphatic carbocycles. The van der Waals surface area contributed by atoms with Crippen LogP contribution in [-0.4, -0.2) is 33.9 Å². The molecule has 6 heteroatoms.